The number of halogens is 1. The zero-order chi connectivity index (χ0) is 10.8. The Balaban J connectivity index is 2.00. The molecule has 0 aromatic carbocycles. The summed E-state index contributed by atoms with van der Waals surface area (Å²) in [7, 11) is 2.06. The third kappa shape index (κ3) is 2.61. The van der Waals surface area contributed by atoms with E-state index in [-0.39, 0.29) is 0 Å². The first-order valence-electron chi connectivity index (χ1n) is 5.37. The summed E-state index contributed by atoms with van der Waals surface area (Å²) in [6.45, 7) is 4.69. The molecule has 4 heteroatoms. The van der Waals surface area contributed by atoms with Gasteiger partial charge in [-0.05, 0) is 48.5 Å². The van der Waals surface area contributed by atoms with Crippen LogP contribution in [0.2, 0.25) is 0 Å². The molecule has 2 nitrogen and oxygen atoms in total. The molecule has 2 atom stereocenters. The number of likely N-dealkylation sites (tertiary alicyclic amines) is 1. The van der Waals surface area contributed by atoms with Gasteiger partial charge in [-0.2, -0.15) is 0 Å². The predicted octanol–water partition coefficient (Wildman–Crippen LogP) is 2.87. The van der Waals surface area contributed by atoms with E-state index in [9.17, 15) is 0 Å². The van der Waals surface area contributed by atoms with Crippen molar-refractivity contribution < 1.29 is 0 Å². The average molecular weight is 289 g/mol. The van der Waals surface area contributed by atoms with Gasteiger partial charge in [-0.1, -0.05) is 0 Å². The fourth-order valence-corrected chi connectivity index (χ4v) is 3.62. The van der Waals surface area contributed by atoms with Crippen LogP contribution < -0.4 is 5.32 Å². The van der Waals surface area contributed by atoms with E-state index in [1.807, 2.05) is 11.3 Å². The fraction of sp³-hybridized carbons (Fsp3) is 0.636. The molecule has 1 aromatic heterocycles. The van der Waals surface area contributed by atoms with E-state index in [2.05, 4.69) is 52.3 Å². The molecule has 1 aromatic rings. The second-order valence-electron chi connectivity index (χ2n) is 4.09. The SMILES string of the molecule is CNC1CCN(C(C)c2ccc(Br)s2)C1. The van der Waals surface area contributed by atoms with Crippen molar-refractivity contribution in [1.82, 2.24) is 10.2 Å². The largest absolute Gasteiger partial charge is 0.316 e. The number of likely N-dealkylation sites (N-methyl/N-ethyl adjacent to an activating group) is 1. The quantitative estimate of drug-likeness (QED) is 0.920. The number of rotatable bonds is 3. The van der Waals surface area contributed by atoms with Gasteiger partial charge >= 0.3 is 0 Å². The Bertz CT molecular complexity index is 326. The second kappa shape index (κ2) is 4.95. The molecule has 0 bridgehead atoms. The predicted molar refractivity (Wildman–Crippen MR) is 69.5 cm³/mol. The van der Waals surface area contributed by atoms with Gasteiger partial charge in [0.15, 0.2) is 0 Å². The lowest BCUT2D eigenvalue weighted by Crippen LogP contribution is -2.30. The summed E-state index contributed by atoms with van der Waals surface area (Å²) in [5.74, 6) is 0. The van der Waals surface area contributed by atoms with E-state index < -0.39 is 0 Å². The lowest BCUT2D eigenvalue weighted by Gasteiger charge is -2.23. The third-order valence-electron chi connectivity index (χ3n) is 3.18. The van der Waals surface area contributed by atoms with Crippen LogP contribution in [0.4, 0.5) is 0 Å². The highest BCUT2D eigenvalue weighted by molar-refractivity contribution is 9.11. The molecule has 1 N–H and O–H groups in total. The number of thiophene rings is 1. The van der Waals surface area contributed by atoms with E-state index >= 15 is 0 Å². The van der Waals surface area contributed by atoms with Crippen molar-refractivity contribution in [3.8, 4) is 0 Å². The first kappa shape index (κ1) is 11.6. The first-order valence-corrected chi connectivity index (χ1v) is 6.98. The lowest BCUT2D eigenvalue weighted by molar-refractivity contribution is 0.260. The van der Waals surface area contributed by atoms with E-state index in [0.29, 0.717) is 12.1 Å². The Labute approximate surface area is 104 Å². The molecule has 1 aliphatic heterocycles. The molecule has 0 amide bonds. The minimum Gasteiger partial charge on any atom is -0.316 e. The van der Waals surface area contributed by atoms with Crippen molar-refractivity contribution in [2.24, 2.45) is 0 Å². The standard InChI is InChI=1S/C11H17BrN2S/c1-8(10-3-4-11(12)15-10)14-6-5-9(7-14)13-2/h3-4,8-9,13H,5-7H2,1-2H3. The normalized spacial score (nSPS) is 24.6. The van der Waals surface area contributed by atoms with Gasteiger partial charge in [-0.25, -0.2) is 0 Å². The lowest BCUT2D eigenvalue weighted by atomic mass is 10.2. The molecular formula is C11H17BrN2S. The fourth-order valence-electron chi connectivity index (χ4n) is 2.11. The van der Waals surface area contributed by atoms with E-state index in [1.165, 1.54) is 28.2 Å². The van der Waals surface area contributed by atoms with Gasteiger partial charge in [0.2, 0.25) is 0 Å². The Hall–Kier alpha value is 0.1000. The minimum absolute atomic E-state index is 0.555. The van der Waals surface area contributed by atoms with Crippen LogP contribution in [0, 0.1) is 0 Å². The molecule has 84 valence electrons. The van der Waals surface area contributed by atoms with Crippen molar-refractivity contribution in [2.75, 3.05) is 20.1 Å². The number of hydrogen-bond acceptors (Lipinski definition) is 3. The van der Waals surface area contributed by atoms with Crippen molar-refractivity contribution in [3.63, 3.8) is 0 Å². The molecular weight excluding hydrogens is 272 g/mol. The van der Waals surface area contributed by atoms with Crippen LogP contribution in [-0.4, -0.2) is 31.1 Å². The zero-order valence-corrected chi connectivity index (χ0v) is 11.6. The van der Waals surface area contributed by atoms with Gasteiger partial charge < -0.3 is 5.32 Å². The molecule has 0 spiro atoms. The maximum atomic E-state index is 3.52. The summed E-state index contributed by atoms with van der Waals surface area (Å²) in [5.41, 5.74) is 0. The Morgan fingerprint density at radius 2 is 2.40 bits per heavy atom. The molecule has 0 radical (unpaired) electrons. The summed E-state index contributed by atoms with van der Waals surface area (Å²) in [4.78, 5) is 4.01. The zero-order valence-electron chi connectivity index (χ0n) is 9.16. The van der Waals surface area contributed by atoms with Gasteiger partial charge in [0.1, 0.15) is 0 Å². The molecule has 2 rings (SSSR count). The first-order chi connectivity index (χ1) is 7.20. The van der Waals surface area contributed by atoms with Gasteiger partial charge in [0.05, 0.1) is 3.79 Å². The van der Waals surface area contributed by atoms with E-state index in [0.717, 1.165) is 0 Å². The smallest absolute Gasteiger partial charge is 0.0701 e. The van der Waals surface area contributed by atoms with Crippen LogP contribution in [0.3, 0.4) is 0 Å². The highest BCUT2D eigenvalue weighted by Gasteiger charge is 2.26. The van der Waals surface area contributed by atoms with Crippen molar-refractivity contribution >= 4 is 27.3 Å². The van der Waals surface area contributed by atoms with Crippen molar-refractivity contribution in [2.45, 2.75) is 25.4 Å². The van der Waals surface area contributed by atoms with Crippen LogP contribution in [0.25, 0.3) is 0 Å². The van der Waals surface area contributed by atoms with Crippen molar-refractivity contribution in [1.29, 1.82) is 0 Å². The molecule has 1 aliphatic rings. The van der Waals surface area contributed by atoms with Gasteiger partial charge in [-0.15, -0.1) is 11.3 Å². The summed E-state index contributed by atoms with van der Waals surface area (Å²) in [6.07, 6.45) is 1.27. The highest BCUT2D eigenvalue weighted by atomic mass is 79.9. The Morgan fingerprint density at radius 1 is 1.60 bits per heavy atom. The van der Waals surface area contributed by atoms with Crippen LogP contribution in [0.1, 0.15) is 24.3 Å². The maximum Gasteiger partial charge on any atom is 0.0701 e. The molecule has 1 saturated heterocycles. The summed E-state index contributed by atoms with van der Waals surface area (Å²) in [6, 6.07) is 5.60. The molecule has 0 saturated carbocycles. The Morgan fingerprint density at radius 3 is 2.93 bits per heavy atom. The van der Waals surface area contributed by atoms with Gasteiger partial charge in [0.25, 0.3) is 0 Å². The van der Waals surface area contributed by atoms with E-state index in [1.54, 1.807) is 0 Å². The van der Waals surface area contributed by atoms with Crippen LogP contribution in [0.15, 0.2) is 15.9 Å². The van der Waals surface area contributed by atoms with Crippen LogP contribution in [0.5, 0.6) is 0 Å². The minimum atomic E-state index is 0.555. The second-order valence-corrected chi connectivity index (χ2v) is 6.58. The van der Waals surface area contributed by atoms with Crippen LogP contribution >= 0.6 is 27.3 Å². The average Bonchev–Trinajstić information content (AvgIpc) is 2.84. The topological polar surface area (TPSA) is 15.3 Å². The van der Waals surface area contributed by atoms with Gasteiger partial charge in [-0.3, -0.25) is 4.90 Å². The van der Waals surface area contributed by atoms with E-state index in [4.69, 9.17) is 0 Å². The summed E-state index contributed by atoms with van der Waals surface area (Å²) >= 11 is 5.37. The number of nitrogens with zero attached hydrogens (tertiary/aromatic N) is 1. The molecule has 1 fully saturated rings. The maximum absolute atomic E-state index is 3.52. The molecule has 0 aliphatic carbocycles. The highest BCUT2D eigenvalue weighted by Crippen LogP contribution is 2.32. The third-order valence-corrected chi connectivity index (χ3v) is 4.98. The summed E-state index contributed by atoms with van der Waals surface area (Å²) in [5, 5.41) is 3.36. The van der Waals surface area contributed by atoms with Gasteiger partial charge in [0, 0.05) is 30.1 Å². The Kier molecular flexibility index (Phi) is 3.83. The molecule has 15 heavy (non-hydrogen) atoms. The monoisotopic (exact) mass is 288 g/mol. The molecule has 2 unspecified atom stereocenters. The summed E-state index contributed by atoms with van der Waals surface area (Å²) < 4.78 is 1.23. The molecule has 2 heterocycles. The number of nitrogens with one attached hydrogen (secondary N) is 1. The van der Waals surface area contributed by atoms with Crippen LogP contribution in [-0.2, 0) is 0 Å². The van der Waals surface area contributed by atoms with Crippen molar-refractivity contribution in [3.05, 3.63) is 20.8 Å². The number of hydrogen-bond donors (Lipinski definition) is 1.